The highest BCUT2D eigenvalue weighted by atomic mass is 35.5. The normalized spacial score (nSPS) is 11.5. The van der Waals surface area contributed by atoms with Crippen molar-refractivity contribution in [2.75, 3.05) is 19.6 Å². The molecule has 0 atom stereocenters. The molecule has 0 unspecified atom stereocenters. The van der Waals surface area contributed by atoms with Crippen LogP contribution in [0.4, 0.5) is 0 Å². The van der Waals surface area contributed by atoms with Crippen molar-refractivity contribution in [3.63, 3.8) is 0 Å². The standard InChI is InChI=1S/C16H34ClN3O/c1-2-3-4-5-6-7-8-9-10-11-12-20(13-15(17)21)14-16(18)19/h16H,2-14,18-19H2,1H3. The smallest absolute Gasteiger partial charge is 0.235 e. The van der Waals surface area contributed by atoms with Gasteiger partial charge in [-0.25, -0.2) is 0 Å². The number of nitrogens with zero attached hydrogens (tertiary/aromatic N) is 1. The Morgan fingerprint density at radius 1 is 0.952 bits per heavy atom. The molecule has 0 amide bonds. The molecule has 0 aromatic heterocycles. The van der Waals surface area contributed by atoms with E-state index in [0.29, 0.717) is 6.54 Å². The van der Waals surface area contributed by atoms with Gasteiger partial charge in [-0.15, -0.1) is 0 Å². The van der Waals surface area contributed by atoms with Gasteiger partial charge in [0.15, 0.2) is 0 Å². The van der Waals surface area contributed by atoms with Gasteiger partial charge < -0.3 is 11.5 Å². The average molecular weight is 320 g/mol. The van der Waals surface area contributed by atoms with Crippen molar-refractivity contribution in [2.45, 2.75) is 77.3 Å². The maximum atomic E-state index is 11.0. The largest absolute Gasteiger partial charge is 0.315 e. The monoisotopic (exact) mass is 319 g/mol. The minimum Gasteiger partial charge on any atom is -0.315 e. The van der Waals surface area contributed by atoms with Gasteiger partial charge in [-0.1, -0.05) is 64.7 Å². The van der Waals surface area contributed by atoms with E-state index in [-0.39, 0.29) is 11.8 Å². The summed E-state index contributed by atoms with van der Waals surface area (Å²) in [5, 5.41) is -0.345. The van der Waals surface area contributed by atoms with Crippen molar-refractivity contribution in [3.05, 3.63) is 0 Å². The highest BCUT2D eigenvalue weighted by Gasteiger charge is 2.10. The van der Waals surface area contributed by atoms with E-state index < -0.39 is 6.17 Å². The lowest BCUT2D eigenvalue weighted by Gasteiger charge is -2.22. The number of carbonyl (C=O) groups is 1. The van der Waals surface area contributed by atoms with Gasteiger partial charge in [-0.3, -0.25) is 9.69 Å². The van der Waals surface area contributed by atoms with E-state index in [4.69, 9.17) is 23.1 Å². The fraction of sp³-hybridized carbons (Fsp3) is 0.938. The van der Waals surface area contributed by atoms with E-state index in [2.05, 4.69) is 6.92 Å². The Hall–Kier alpha value is -0.160. The Morgan fingerprint density at radius 3 is 1.86 bits per heavy atom. The molecule has 4 nitrogen and oxygen atoms in total. The van der Waals surface area contributed by atoms with E-state index in [1.807, 2.05) is 4.90 Å². The van der Waals surface area contributed by atoms with Crippen molar-refractivity contribution in [3.8, 4) is 0 Å². The molecule has 0 radical (unpaired) electrons. The molecule has 0 saturated carbocycles. The van der Waals surface area contributed by atoms with Crippen LogP contribution in [-0.4, -0.2) is 35.9 Å². The number of unbranched alkanes of at least 4 members (excludes halogenated alkanes) is 9. The summed E-state index contributed by atoms with van der Waals surface area (Å²) in [6.07, 6.45) is 12.6. The zero-order valence-electron chi connectivity index (χ0n) is 13.7. The molecule has 0 spiro atoms. The molecule has 0 heterocycles. The van der Waals surface area contributed by atoms with E-state index in [1.165, 1.54) is 57.8 Å². The van der Waals surface area contributed by atoms with Gasteiger partial charge in [0.1, 0.15) is 0 Å². The van der Waals surface area contributed by atoms with Crippen LogP contribution in [0, 0.1) is 0 Å². The third-order valence-corrected chi connectivity index (χ3v) is 3.76. The molecule has 0 aliphatic carbocycles. The van der Waals surface area contributed by atoms with Gasteiger partial charge in [-0.2, -0.15) is 0 Å². The van der Waals surface area contributed by atoms with Crippen molar-refractivity contribution in [1.29, 1.82) is 0 Å². The van der Waals surface area contributed by atoms with Crippen molar-refractivity contribution in [1.82, 2.24) is 4.90 Å². The van der Waals surface area contributed by atoms with Gasteiger partial charge in [0.2, 0.25) is 5.24 Å². The average Bonchev–Trinajstić information content (AvgIpc) is 2.39. The molecule has 0 aromatic carbocycles. The first kappa shape index (κ1) is 20.8. The molecule has 0 rings (SSSR count). The molecule has 0 aliphatic heterocycles. The van der Waals surface area contributed by atoms with Gasteiger partial charge in [0.25, 0.3) is 0 Å². The summed E-state index contributed by atoms with van der Waals surface area (Å²) in [6, 6.07) is 0. The number of nitrogens with two attached hydrogens (primary N) is 2. The first-order chi connectivity index (χ1) is 10.1. The Bertz CT molecular complexity index is 250. The van der Waals surface area contributed by atoms with E-state index >= 15 is 0 Å². The lowest BCUT2D eigenvalue weighted by atomic mass is 10.1. The lowest BCUT2D eigenvalue weighted by Crippen LogP contribution is -2.45. The molecule has 0 saturated heterocycles. The van der Waals surface area contributed by atoms with Crippen LogP contribution < -0.4 is 11.5 Å². The minimum atomic E-state index is -0.413. The molecule has 4 N–H and O–H groups in total. The second-order valence-electron chi connectivity index (χ2n) is 5.94. The molecule has 21 heavy (non-hydrogen) atoms. The Kier molecular flexibility index (Phi) is 14.7. The highest BCUT2D eigenvalue weighted by molar-refractivity contribution is 6.64. The summed E-state index contributed by atoms with van der Waals surface area (Å²) in [6.45, 7) is 3.86. The third kappa shape index (κ3) is 16.0. The zero-order valence-corrected chi connectivity index (χ0v) is 14.4. The molecule has 126 valence electrons. The molecule has 0 fully saturated rings. The fourth-order valence-corrected chi connectivity index (χ4v) is 2.70. The topological polar surface area (TPSA) is 72.3 Å². The summed E-state index contributed by atoms with van der Waals surface area (Å²) < 4.78 is 0. The van der Waals surface area contributed by atoms with Crippen LogP contribution in [0.25, 0.3) is 0 Å². The van der Waals surface area contributed by atoms with Crippen LogP contribution in [0.1, 0.15) is 71.1 Å². The SMILES string of the molecule is CCCCCCCCCCCCN(CC(=O)Cl)CC(N)N. The predicted molar refractivity (Wildman–Crippen MR) is 91.3 cm³/mol. The summed E-state index contributed by atoms with van der Waals surface area (Å²) in [5.41, 5.74) is 11.1. The van der Waals surface area contributed by atoms with Crippen LogP contribution in [0.5, 0.6) is 0 Å². The number of carbonyl (C=O) groups excluding carboxylic acids is 1. The summed E-state index contributed by atoms with van der Waals surface area (Å²) in [7, 11) is 0. The summed E-state index contributed by atoms with van der Waals surface area (Å²) >= 11 is 5.43. The number of halogens is 1. The molecule has 0 bridgehead atoms. The van der Waals surface area contributed by atoms with Crippen LogP contribution in [-0.2, 0) is 4.79 Å². The second-order valence-corrected chi connectivity index (χ2v) is 6.36. The first-order valence-corrected chi connectivity index (χ1v) is 8.86. The summed E-state index contributed by atoms with van der Waals surface area (Å²) in [4.78, 5) is 12.9. The maximum Gasteiger partial charge on any atom is 0.235 e. The summed E-state index contributed by atoms with van der Waals surface area (Å²) in [5.74, 6) is 0. The Balaban J connectivity index is 3.46. The van der Waals surface area contributed by atoms with Gasteiger partial charge in [-0.05, 0) is 24.6 Å². The quantitative estimate of drug-likeness (QED) is 0.276. The van der Waals surface area contributed by atoms with E-state index in [0.717, 1.165) is 13.0 Å². The van der Waals surface area contributed by atoms with Crippen LogP contribution in [0.3, 0.4) is 0 Å². The van der Waals surface area contributed by atoms with Crippen LogP contribution in [0.15, 0.2) is 0 Å². The van der Waals surface area contributed by atoms with Crippen LogP contribution >= 0.6 is 11.6 Å². The number of hydrogen-bond donors (Lipinski definition) is 2. The van der Waals surface area contributed by atoms with Gasteiger partial charge in [0, 0.05) is 6.54 Å². The Morgan fingerprint density at radius 2 is 1.43 bits per heavy atom. The van der Waals surface area contributed by atoms with Crippen molar-refractivity contribution >= 4 is 16.8 Å². The van der Waals surface area contributed by atoms with Crippen molar-refractivity contribution < 1.29 is 4.79 Å². The van der Waals surface area contributed by atoms with Crippen LogP contribution in [0.2, 0.25) is 0 Å². The number of rotatable bonds is 15. The van der Waals surface area contributed by atoms with E-state index in [9.17, 15) is 4.79 Å². The third-order valence-electron chi connectivity index (χ3n) is 3.64. The van der Waals surface area contributed by atoms with Gasteiger partial charge >= 0.3 is 0 Å². The first-order valence-electron chi connectivity index (χ1n) is 8.48. The fourth-order valence-electron chi connectivity index (χ4n) is 2.53. The predicted octanol–water partition coefficient (Wildman–Crippen LogP) is 3.22. The second kappa shape index (κ2) is 14.8. The Labute approximate surface area is 135 Å². The molecular formula is C16H34ClN3O. The van der Waals surface area contributed by atoms with Gasteiger partial charge in [0.05, 0.1) is 12.7 Å². The molecular weight excluding hydrogens is 286 g/mol. The lowest BCUT2D eigenvalue weighted by molar-refractivity contribution is -0.112. The van der Waals surface area contributed by atoms with Crippen molar-refractivity contribution in [2.24, 2.45) is 11.5 Å². The molecule has 5 heteroatoms. The maximum absolute atomic E-state index is 11.0. The molecule has 0 aromatic rings. The zero-order chi connectivity index (χ0) is 15.9. The minimum absolute atomic E-state index is 0.240. The number of hydrogen-bond acceptors (Lipinski definition) is 4. The van der Waals surface area contributed by atoms with E-state index in [1.54, 1.807) is 0 Å². The molecule has 0 aliphatic rings. The highest BCUT2D eigenvalue weighted by Crippen LogP contribution is 2.10.